The largest absolute Gasteiger partial charge is 0.275 e. The lowest BCUT2D eigenvalue weighted by atomic mass is 10.1. The summed E-state index contributed by atoms with van der Waals surface area (Å²) in [5.74, 6) is -0.653. The van der Waals surface area contributed by atoms with Gasteiger partial charge in [-0.3, -0.25) is 4.79 Å². The molecule has 0 aliphatic heterocycles. The van der Waals surface area contributed by atoms with Crippen LogP contribution in [-0.2, 0) is 10.0 Å². The van der Waals surface area contributed by atoms with E-state index < -0.39 is 15.9 Å². The van der Waals surface area contributed by atoms with Gasteiger partial charge in [-0.2, -0.15) is 8.75 Å². The maximum Gasteiger partial charge on any atom is 0.275 e. The number of nitrogens with one attached hydrogen (secondary N) is 1. The van der Waals surface area contributed by atoms with Crippen molar-refractivity contribution in [1.82, 2.24) is 13.5 Å². The number of hydrogen-bond acceptors (Lipinski definition) is 7. The number of aromatic nitrogens is 2. The van der Waals surface area contributed by atoms with Crippen molar-refractivity contribution in [3.8, 4) is 0 Å². The molecule has 2 aromatic heterocycles. The van der Waals surface area contributed by atoms with Crippen LogP contribution in [0.2, 0.25) is 0 Å². The summed E-state index contributed by atoms with van der Waals surface area (Å²) in [6.45, 7) is 1.80. The van der Waals surface area contributed by atoms with Crippen LogP contribution in [0.5, 0.6) is 0 Å². The van der Waals surface area contributed by atoms with Gasteiger partial charge in [-0.1, -0.05) is 22.0 Å². The van der Waals surface area contributed by atoms with Gasteiger partial charge in [0.25, 0.3) is 15.9 Å². The maximum atomic E-state index is 12.7. The molecule has 2 heterocycles. The van der Waals surface area contributed by atoms with Crippen LogP contribution < -0.4 is 4.72 Å². The highest BCUT2D eigenvalue weighted by Gasteiger charge is 2.25. The quantitative estimate of drug-likeness (QED) is 0.489. The Morgan fingerprint density at radius 1 is 1.19 bits per heavy atom. The van der Waals surface area contributed by atoms with Crippen molar-refractivity contribution in [3.63, 3.8) is 0 Å². The van der Waals surface area contributed by atoms with Crippen LogP contribution in [0, 0.1) is 6.92 Å². The smallest absolute Gasteiger partial charge is 0.267 e. The number of amides is 1. The van der Waals surface area contributed by atoms with Gasteiger partial charge >= 0.3 is 0 Å². The van der Waals surface area contributed by atoms with Crippen molar-refractivity contribution < 1.29 is 13.2 Å². The van der Waals surface area contributed by atoms with Crippen LogP contribution >= 0.6 is 39.0 Å². The van der Waals surface area contributed by atoms with Gasteiger partial charge in [0.1, 0.15) is 15.9 Å². The SMILES string of the molecule is Cc1c(C(=O)NS(=O)(=O)c2cccc3nsnc23)sc2ccc(Br)cc12. The number of rotatable bonds is 3. The number of aryl methyl sites for hydroxylation is 1. The lowest BCUT2D eigenvalue weighted by molar-refractivity contribution is 0.0985. The van der Waals surface area contributed by atoms with Gasteiger partial charge in [0.05, 0.1) is 16.6 Å². The van der Waals surface area contributed by atoms with Crippen LogP contribution in [0.1, 0.15) is 15.2 Å². The van der Waals surface area contributed by atoms with E-state index in [9.17, 15) is 13.2 Å². The lowest BCUT2D eigenvalue weighted by Crippen LogP contribution is -2.30. The van der Waals surface area contributed by atoms with Gasteiger partial charge in [0.15, 0.2) is 0 Å². The third-order valence-electron chi connectivity index (χ3n) is 3.87. The van der Waals surface area contributed by atoms with Crippen LogP contribution in [0.15, 0.2) is 45.8 Å². The molecule has 132 valence electrons. The molecule has 0 radical (unpaired) electrons. The zero-order valence-corrected chi connectivity index (χ0v) is 17.2. The summed E-state index contributed by atoms with van der Waals surface area (Å²) in [5, 5.41) is 0.915. The predicted octanol–water partition coefficient (Wildman–Crippen LogP) is 4.10. The minimum Gasteiger partial charge on any atom is -0.267 e. The Morgan fingerprint density at radius 2 is 2.00 bits per heavy atom. The molecule has 0 saturated carbocycles. The topological polar surface area (TPSA) is 89.0 Å². The number of fused-ring (bicyclic) bond motifs is 2. The van der Waals surface area contributed by atoms with Crippen LogP contribution in [0.3, 0.4) is 0 Å². The Kier molecular flexibility index (Phi) is 4.30. The van der Waals surface area contributed by atoms with Gasteiger partial charge < -0.3 is 0 Å². The van der Waals surface area contributed by atoms with Gasteiger partial charge in [-0.15, -0.1) is 11.3 Å². The molecule has 6 nitrogen and oxygen atoms in total. The second-order valence-corrected chi connectivity index (χ2v) is 9.67. The molecule has 1 amide bonds. The summed E-state index contributed by atoms with van der Waals surface area (Å²) in [6, 6.07) is 10.3. The second-order valence-electron chi connectivity index (χ2n) is 5.52. The first-order valence-electron chi connectivity index (χ1n) is 7.34. The molecule has 0 unspecified atom stereocenters. The minimum absolute atomic E-state index is 0.0568. The van der Waals surface area contributed by atoms with Gasteiger partial charge in [-0.25, -0.2) is 13.1 Å². The summed E-state index contributed by atoms with van der Waals surface area (Å²) in [7, 11) is -4.06. The summed E-state index contributed by atoms with van der Waals surface area (Å²) in [5.41, 5.74) is 1.48. The number of nitrogens with zero attached hydrogens (tertiary/aromatic N) is 2. The van der Waals surface area contributed by atoms with E-state index in [-0.39, 0.29) is 10.4 Å². The van der Waals surface area contributed by atoms with E-state index in [2.05, 4.69) is 29.4 Å². The third kappa shape index (κ3) is 2.92. The summed E-state index contributed by atoms with van der Waals surface area (Å²) >= 11 is 5.59. The maximum absolute atomic E-state index is 12.7. The fourth-order valence-corrected chi connectivity index (χ4v) is 5.87. The first kappa shape index (κ1) is 17.5. The van der Waals surface area contributed by atoms with E-state index in [1.807, 2.05) is 18.2 Å². The molecule has 2 aromatic carbocycles. The average molecular weight is 468 g/mol. The summed E-state index contributed by atoms with van der Waals surface area (Å²) in [4.78, 5) is 13.0. The number of hydrogen-bond donors (Lipinski definition) is 1. The first-order valence-corrected chi connectivity index (χ1v) is 11.2. The highest BCUT2D eigenvalue weighted by Crippen LogP contribution is 2.33. The predicted molar refractivity (Wildman–Crippen MR) is 106 cm³/mol. The molecule has 26 heavy (non-hydrogen) atoms. The van der Waals surface area contributed by atoms with Crippen LogP contribution in [-0.4, -0.2) is 23.1 Å². The van der Waals surface area contributed by atoms with Gasteiger partial charge in [0, 0.05) is 9.17 Å². The van der Waals surface area contributed by atoms with Crippen LogP contribution in [0.4, 0.5) is 0 Å². The van der Waals surface area contributed by atoms with E-state index in [4.69, 9.17) is 0 Å². The first-order chi connectivity index (χ1) is 12.4. The molecule has 0 aliphatic carbocycles. The third-order valence-corrected chi connectivity index (χ3v) is 7.54. The molecule has 0 atom stereocenters. The summed E-state index contributed by atoms with van der Waals surface area (Å²) < 4.78 is 37.4. The van der Waals surface area contributed by atoms with Crippen molar-refractivity contribution in [3.05, 3.63) is 51.3 Å². The molecule has 10 heteroatoms. The molecule has 0 spiro atoms. The number of thiophene rings is 1. The standard InChI is InChI=1S/C16H10BrN3O3S3/c1-8-10-7-9(17)5-6-12(10)24-15(8)16(21)20-26(22,23)13-4-2-3-11-14(13)19-25-18-11/h2-7H,1H3,(H,20,21). The van der Waals surface area contributed by atoms with E-state index in [0.717, 1.165) is 31.9 Å². The molecule has 0 saturated heterocycles. The normalized spacial score (nSPS) is 11.9. The van der Waals surface area contributed by atoms with E-state index in [1.54, 1.807) is 19.1 Å². The van der Waals surface area contributed by atoms with Crippen molar-refractivity contribution in [2.45, 2.75) is 11.8 Å². The van der Waals surface area contributed by atoms with E-state index >= 15 is 0 Å². The van der Waals surface area contributed by atoms with Crippen molar-refractivity contribution in [1.29, 1.82) is 0 Å². The van der Waals surface area contributed by atoms with Crippen LogP contribution in [0.25, 0.3) is 21.1 Å². The molecule has 0 aliphatic rings. The molecular formula is C16H10BrN3O3S3. The van der Waals surface area contributed by atoms with E-state index in [0.29, 0.717) is 10.4 Å². The fraction of sp³-hybridized carbons (Fsp3) is 0.0625. The zero-order chi connectivity index (χ0) is 18.5. The Labute approximate surface area is 165 Å². The Balaban J connectivity index is 1.74. The molecule has 4 aromatic rings. The van der Waals surface area contributed by atoms with Gasteiger partial charge in [0.2, 0.25) is 0 Å². The lowest BCUT2D eigenvalue weighted by Gasteiger charge is -2.06. The number of halogens is 1. The molecule has 0 fully saturated rings. The highest BCUT2D eigenvalue weighted by atomic mass is 79.9. The van der Waals surface area contributed by atoms with Gasteiger partial charge in [-0.05, 0) is 48.2 Å². The number of benzene rings is 2. The zero-order valence-electron chi connectivity index (χ0n) is 13.2. The summed E-state index contributed by atoms with van der Waals surface area (Å²) in [6.07, 6.45) is 0. The Bertz CT molecular complexity index is 1280. The van der Waals surface area contributed by atoms with Crippen molar-refractivity contribution >= 4 is 76.0 Å². The number of carbonyl (C=O) groups excluding carboxylic acids is 1. The number of carbonyl (C=O) groups is 1. The van der Waals surface area contributed by atoms with Crippen molar-refractivity contribution in [2.24, 2.45) is 0 Å². The fourth-order valence-electron chi connectivity index (χ4n) is 2.63. The minimum atomic E-state index is -4.06. The van der Waals surface area contributed by atoms with E-state index in [1.165, 1.54) is 17.4 Å². The number of sulfonamides is 1. The Morgan fingerprint density at radius 3 is 2.81 bits per heavy atom. The average Bonchev–Trinajstić information content (AvgIpc) is 3.19. The Hall–Kier alpha value is -1.88. The molecule has 4 rings (SSSR count). The highest BCUT2D eigenvalue weighted by molar-refractivity contribution is 9.10. The van der Waals surface area contributed by atoms with Crippen molar-refractivity contribution in [2.75, 3.05) is 0 Å². The monoisotopic (exact) mass is 467 g/mol. The molecule has 1 N–H and O–H groups in total. The molecular weight excluding hydrogens is 458 g/mol. The molecule has 0 bridgehead atoms. The second kappa shape index (κ2) is 6.38.